The molecule has 0 fully saturated rings. The number of aryl methyl sites for hydroxylation is 2. The highest BCUT2D eigenvalue weighted by molar-refractivity contribution is 8.00. The van der Waals surface area contributed by atoms with Crippen LogP contribution in [0, 0.1) is 13.8 Å². The van der Waals surface area contributed by atoms with Crippen molar-refractivity contribution in [2.75, 3.05) is 19.0 Å². The Kier molecular flexibility index (Phi) is 6.65. The van der Waals surface area contributed by atoms with Gasteiger partial charge in [-0.2, -0.15) is 0 Å². The minimum absolute atomic E-state index is 0.0536. The summed E-state index contributed by atoms with van der Waals surface area (Å²) in [5.74, 6) is -0.0536. The fourth-order valence-corrected chi connectivity index (χ4v) is 4.00. The number of nitrogens with zero attached hydrogens (tertiary/aromatic N) is 2. The molecule has 1 atom stereocenters. The third kappa shape index (κ3) is 4.69. The first-order valence-electron chi connectivity index (χ1n) is 9.08. The summed E-state index contributed by atoms with van der Waals surface area (Å²) in [5.41, 5.74) is 4.79. The maximum atomic E-state index is 12.8. The van der Waals surface area contributed by atoms with Crippen LogP contribution in [-0.2, 0) is 16.1 Å². The number of imidazole rings is 1. The number of ether oxygens (including phenoxy) is 1. The summed E-state index contributed by atoms with van der Waals surface area (Å²) in [6, 6.07) is 11.7. The Morgan fingerprint density at radius 2 is 2.07 bits per heavy atom. The van der Waals surface area contributed by atoms with Gasteiger partial charge in [-0.25, -0.2) is 4.98 Å². The van der Waals surface area contributed by atoms with Crippen molar-refractivity contribution < 1.29 is 9.53 Å². The molecule has 3 rings (SSSR count). The molecule has 1 heterocycles. The number of amides is 1. The number of fused-ring (bicyclic) bond motifs is 1. The summed E-state index contributed by atoms with van der Waals surface area (Å²) in [7, 11) is 1.67. The zero-order chi connectivity index (χ0) is 20.3. The van der Waals surface area contributed by atoms with E-state index < -0.39 is 0 Å². The zero-order valence-corrected chi connectivity index (χ0v) is 18.0. The summed E-state index contributed by atoms with van der Waals surface area (Å²) >= 11 is 7.54. The van der Waals surface area contributed by atoms with Gasteiger partial charge >= 0.3 is 0 Å². The molecule has 1 aromatic heterocycles. The second kappa shape index (κ2) is 8.99. The lowest BCUT2D eigenvalue weighted by Gasteiger charge is -2.15. The molecule has 148 valence electrons. The third-order valence-corrected chi connectivity index (χ3v) is 5.82. The van der Waals surface area contributed by atoms with Crippen molar-refractivity contribution in [2.45, 2.75) is 37.7 Å². The molecular weight excluding hydrogens is 394 g/mol. The standard InChI is InChI=1S/C21H24ClN3O2S/c1-13-5-6-14(2)17(11-13)23-20(26)15(3)28-21-24-18-12-16(22)7-8-19(18)25(21)9-10-27-4/h5-8,11-12,15H,9-10H2,1-4H3,(H,23,26). The second-order valence-corrected chi connectivity index (χ2v) is 8.48. The van der Waals surface area contributed by atoms with E-state index >= 15 is 0 Å². The van der Waals surface area contributed by atoms with Crippen molar-refractivity contribution in [1.82, 2.24) is 9.55 Å². The van der Waals surface area contributed by atoms with Crippen LogP contribution in [0.1, 0.15) is 18.1 Å². The lowest BCUT2D eigenvalue weighted by molar-refractivity contribution is -0.115. The maximum absolute atomic E-state index is 12.8. The van der Waals surface area contributed by atoms with Crippen LogP contribution in [0.5, 0.6) is 0 Å². The van der Waals surface area contributed by atoms with Crippen LogP contribution in [-0.4, -0.2) is 34.4 Å². The SMILES string of the molecule is COCCn1c(SC(C)C(=O)Nc2cc(C)ccc2C)nc2cc(Cl)ccc21. The van der Waals surface area contributed by atoms with E-state index in [-0.39, 0.29) is 11.2 Å². The predicted octanol–water partition coefficient (Wildman–Crippen LogP) is 5.07. The van der Waals surface area contributed by atoms with Gasteiger partial charge in [0, 0.05) is 24.4 Å². The van der Waals surface area contributed by atoms with Gasteiger partial charge in [-0.1, -0.05) is 35.5 Å². The number of carbonyl (C=O) groups is 1. The molecule has 0 bridgehead atoms. The van der Waals surface area contributed by atoms with Crippen LogP contribution in [0.4, 0.5) is 5.69 Å². The maximum Gasteiger partial charge on any atom is 0.237 e. The molecule has 1 unspecified atom stereocenters. The molecule has 1 N–H and O–H groups in total. The number of nitrogens with one attached hydrogen (secondary N) is 1. The predicted molar refractivity (Wildman–Crippen MR) is 116 cm³/mol. The smallest absolute Gasteiger partial charge is 0.237 e. The number of hydrogen-bond donors (Lipinski definition) is 1. The van der Waals surface area contributed by atoms with Gasteiger partial charge in [-0.3, -0.25) is 4.79 Å². The van der Waals surface area contributed by atoms with E-state index in [0.717, 1.165) is 33.0 Å². The van der Waals surface area contributed by atoms with Gasteiger partial charge in [0.2, 0.25) is 5.91 Å². The quantitative estimate of drug-likeness (QED) is 0.545. The van der Waals surface area contributed by atoms with Crippen LogP contribution in [0.15, 0.2) is 41.6 Å². The van der Waals surface area contributed by atoms with Crippen LogP contribution in [0.2, 0.25) is 5.02 Å². The van der Waals surface area contributed by atoms with Crippen LogP contribution >= 0.6 is 23.4 Å². The van der Waals surface area contributed by atoms with Crippen LogP contribution in [0.3, 0.4) is 0 Å². The van der Waals surface area contributed by atoms with Crippen molar-refractivity contribution >= 4 is 46.0 Å². The number of halogens is 1. The molecule has 1 amide bonds. The number of benzene rings is 2. The van der Waals surface area contributed by atoms with E-state index in [0.29, 0.717) is 18.2 Å². The Balaban J connectivity index is 1.82. The first kappa shape index (κ1) is 20.7. The van der Waals surface area contributed by atoms with Gasteiger partial charge in [0.15, 0.2) is 5.16 Å². The molecule has 7 heteroatoms. The molecule has 0 spiro atoms. The number of aromatic nitrogens is 2. The summed E-state index contributed by atoms with van der Waals surface area (Å²) in [4.78, 5) is 17.5. The van der Waals surface area contributed by atoms with Crippen LogP contribution in [0.25, 0.3) is 11.0 Å². The number of methoxy groups -OCH3 is 1. The first-order chi connectivity index (χ1) is 13.4. The molecule has 0 aliphatic heterocycles. The van der Waals surface area contributed by atoms with Gasteiger partial charge in [0.25, 0.3) is 0 Å². The minimum atomic E-state index is -0.312. The van der Waals surface area contributed by atoms with E-state index in [1.165, 1.54) is 11.8 Å². The fourth-order valence-electron chi connectivity index (χ4n) is 2.89. The molecule has 28 heavy (non-hydrogen) atoms. The van der Waals surface area contributed by atoms with Gasteiger partial charge in [-0.15, -0.1) is 0 Å². The topological polar surface area (TPSA) is 56.1 Å². The molecule has 2 aromatic carbocycles. The third-order valence-electron chi connectivity index (χ3n) is 4.50. The largest absolute Gasteiger partial charge is 0.383 e. The van der Waals surface area contributed by atoms with Gasteiger partial charge < -0.3 is 14.6 Å². The van der Waals surface area contributed by atoms with Gasteiger partial charge in [-0.05, 0) is 56.2 Å². The number of anilines is 1. The highest BCUT2D eigenvalue weighted by Gasteiger charge is 2.20. The fraction of sp³-hybridized carbons (Fsp3) is 0.333. The molecule has 0 radical (unpaired) electrons. The molecule has 0 saturated heterocycles. The summed E-state index contributed by atoms with van der Waals surface area (Å²) in [6.45, 7) is 7.10. The number of carbonyl (C=O) groups excluding carboxylic acids is 1. The monoisotopic (exact) mass is 417 g/mol. The molecule has 0 aliphatic carbocycles. The lowest BCUT2D eigenvalue weighted by atomic mass is 10.1. The highest BCUT2D eigenvalue weighted by Crippen LogP contribution is 2.29. The second-order valence-electron chi connectivity index (χ2n) is 6.74. The van der Waals surface area contributed by atoms with Gasteiger partial charge in [0.1, 0.15) is 0 Å². The summed E-state index contributed by atoms with van der Waals surface area (Å²) < 4.78 is 7.31. The Labute approximate surface area is 174 Å². The Bertz CT molecular complexity index is 1000. The molecule has 0 aliphatic rings. The summed E-state index contributed by atoms with van der Waals surface area (Å²) in [5, 5.41) is 4.14. The zero-order valence-electron chi connectivity index (χ0n) is 16.5. The minimum Gasteiger partial charge on any atom is -0.383 e. The first-order valence-corrected chi connectivity index (χ1v) is 10.3. The Morgan fingerprint density at radius 3 is 2.82 bits per heavy atom. The van der Waals surface area contributed by atoms with E-state index in [9.17, 15) is 4.79 Å². The Hall–Kier alpha value is -2.02. The van der Waals surface area contributed by atoms with E-state index in [1.54, 1.807) is 7.11 Å². The van der Waals surface area contributed by atoms with Crippen molar-refractivity contribution in [2.24, 2.45) is 0 Å². The number of rotatable bonds is 7. The average molecular weight is 418 g/mol. The van der Waals surface area contributed by atoms with Gasteiger partial charge in [0.05, 0.1) is 22.9 Å². The number of thioether (sulfide) groups is 1. The lowest BCUT2D eigenvalue weighted by Crippen LogP contribution is -2.23. The Morgan fingerprint density at radius 1 is 1.29 bits per heavy atom. The molecule has 0 saturated carbocycles. The molecule has 3 aromatic rings. The normalized spacial score (nSPS) is 12.3. The molecule has 5 nitrogen and oxygen atoms in total. The van der Waals surface area contributed by atoms with E-state index in [1.807, 2.05) is 57.2 Å². The van der Waals surface area contributed by atoms with E-state index in [4.69, 9.17) is 21.3 Å². The van der Waals surface area contributed by atoms with Crippen LogP contribution < -0.4 is 5.32 Å². The molecular formula is C21H24ClN3O2S. The van der Waals surface area contributed by atoms with Crippen molar-refractivity contribution in [1.29, 1.82) is 0 Å². The average Bonchev–Trinajstić information content (AvgIpc) is 2.98. The van der Waals surface area contributed by atoms with Crippen molar-refractivity contribution in [3.8, 4) is 0 Å². The highest BCUT2D eigenvalue weighted by atomic mass is 35.5. The van der Waals surface area contributed by atoms with Crippen molar-refractivity contribution in [3.63, 3.8) is 0 Å². The van der Waals surface area contributed by atoms with E-state index in [2.05, 4.69) is 9.88 Å². The summed E-state index contributed by atoms with van der Waals surface area (Å²) in [6.07, 6.45) is 0. The number of hydrogen-bond acceptors (Lipinski definition) is 4. The van der Waals surface area contributed by atoms with Crippen molar-refractivity contribution in [3.05, 3.63) is 52.5 Å².